The van der Waals surface area contributed by atoms with E-state index in [1.165, 1.54) is 7.11 Å². The van der Waals surface area contributed by atoms with E-state index in [2.05, 4.69) is 4.74 Å². The van der Waals surface area contributed by atoms with Crippen LogP contribution in [0.15, 0.2) is 0 Å². The second kappa shape index (κ2) is 5.56. The molecule has 1 saturated heterocycles. The van der Waals surface area contributed by atoms with Crippen LogP contribution in [0.4, 0.5) is 4.79 Å². The summed E-state index contributed by atoms with van der Waals surface area (Å²) in [6, 6.07) is -1.04. The van der Waals surface area contributed by atoms with Gasteiger partial charge in [0.15, 0.2) is 0 Å². The molecule has 7 heteroatoms. The maximum Gasteiger partial charge on any atom is 0.417 e. The van der Waals surface area contributed by atoms with Crippen LogP contribution in [-0.4, -0.2) is 53.3 Å². The molecule has 0 bridgehead atoms. The molecular formula is C12H19NO6. The number of rotatable bonds is 2. The number of imide groups is 1. The number of aliphatic hydroxyl groups excluding tert-OH is 1. The predicted octanol–water partition coefficient (Wildman–Crippen LogP) is 0.304. The number of hydrogen-bond donors (Lipinski definition) is 1. The molecule has 0 saturated carbocycles. The monoisotopic (exact) mass is 273 g/mol. The van der Waals surface area contributed by atoms with Crippen molar-refractivity contribution in [1.82, 2.24) is 4.90 Å². The molecule has 1 aliphatic rings. The molecule has 2 amide bonds. The number of amides is 2. The van der Waals surface area contributed by atoms with Crippen molar-refractivity contribution >= 4 is 18.0 Å². The van der Waals surface area contributed by atoms with E-state index in [9.17, 15) is 14.4 Å². The number of methoxy groups -OCH3 is 1. The van der Waals surface area contributed by atoms with Gasteiger partial charge in [-0.05, 0) is 27.2 Å². The number of likely N-dealkylation sites (tertiary alicyclic amines) is 1. The van der Waals surface area contributed by atoms with E-state index < -0.39 is 42.1 Å². The van der Waals surface area contributed by atoms with Crippen molar-refractivity contribution in [2.45, 2.75) is 38.8 Å². The number of aliphatic hydroxyl groups is 1. The minimum atomic E-state index is -1.04. The lowest BCUT2D eigenvalue weighted by molar-refractivity contribution is -0.148. The Morgan fingerprint density at radius 3 is 2.42 bits per heavy atom. The van der Waals surface area contributed by atoms with Gasteiger partial charge in [0.1, 0.15) is 11.6 Å². The zero-order valence-electron chi connectivity index (χ0n) is 11.5. The highest BCUT2D eigenvalue weighted by Gasteiger charge is 2.48. The fourth-order valence-electron chi connectivity index (χ4n) is 1.84. The van der Waals surface area contributed by atoms with Gasteiger partial charge in [-0.15, -0.1) is 0 Å². The fourth-order valence-corrected chi connectivity index (χ4v) is 1.84. The van der Waals surface area contributed by atoms with Crippen molar-refractivity contribution in [3.05, 3.63) is 0 Å². The molecule has 1 heterocycles. The van der Waals surface area contributed by atoms with Crippen LogP contribution in [0, 0.1) is 5.92 Å². The molecule has 0 aliphatic carbocycles. The normalized spacial score (nSPS) is 23.4. The number of hydrogen-bond acceptors (Lipinski definition) is 6. The Hall–Kier alpha value is -1.63. The van der Waals surface area contributed by atoms with Gasteiger partial charge in [-0.2, -0.15) is 0 Å². The number of carbonyl (C=O) groups is 3. The zero-order valence-corrected chi connectivity index (χ0v) is 11.5. The van der Waals surface area contributed by atoms with Crippen LogP contribution >= 0.6 is 0 Å². The molecule has 7 nitrogen and oxygen atoms in total. The standard InChI is InChI=1S/C12H19NO6/c1-12(2,3)19-11(17)13-8(10(16)18-4)5-7(6-14)9(13)15/h7-8,14H,5-6H2,1-4H3. The Morgan fingerprint density at radius 2 is 2.00 bits per heavy atom. The summed E-state index contributed by atoms with van der Waals surface area (Å²) in [4.78, 5) is 36.2. The number of carbonyl (C=O) groups excluding carboxylic acids is 3. The van der Waals surface area contributed by atoms with Crippen molar-refractivity contribution in [2.75, 3.05) is 13.7 Å². The van der Waals surface area contributed by atoms with E-state index >= 15 is 0 Å². The van der Waals surface area contributed by atoms with Crippen molar-refractivity contribution in [3.63, 3.8) is 0 Å². The number of nitrogens with zero attached hydrogens (tertiary/aromatic N) is 1. The lowest BCUT2D eigenvalue weighted by Gasteiger charge is -2.26. The molecule has 0 spiro atoms. The van der Waals surface area contributed by atoms with Gasteiger partial charge in [0, 0.05) is 0 Å². The summed E-state index contributed by atoms with van der Waals surface area (Å²) in [7, 11) is 1.17. The molecule has 2 unspecified atom stereocenters. The molecule has 1 aliphatic heterocycles. The number of esters is 1. The highest BCUT2D eigenvalue weighted by molar-refractivity contribution is 6.00. The van der Waals surface area contributed by atoms with Crippen LogP contribution in [0.1, 0.15) is 27.2 Å². The molecule has 0 aromatic rings. The Morgan fingerprint density at radius 1 is 1.42 bits per heavy atom. The van der Waals surface area contributed by atoms with Crippen molar-refractivity contribution in [2.24, 2.45) is 5.92 Å². The summed E-state index contributed by atoms with van der Waals surface area (Å²) >= 11 is 0. The average molecular weight is 273 g/mol. The van der Waals surface area contributed by atoms with E-state index in [0.29, 0.717) is 0 Å². The Bertz CT molecular complexity index is 386. The third-order valence-electron chi connectivity index (χ3n) is 2.69. The van der Waals surface area contributed by atoms with Crippen LogP contribution in [-0.2, 0) is 19.1 Å². The lowest BCUT2D eigenvalue weighted by Crippen LogP contribution is -2.46. The first-order valence-corrected chi connectivity index (χ1v) is 5.96. The molecular weight excluding hydrogens is 254 g/mol. The highest BCUT2D eigenvalue weighted by Crippen LogP contribution is 2.27. The van der Waals surface area contributed by atoms with E-state index in [-0.39, 0.29) is 6.42 Å². The third kappa shape index (κ3) is 3.44. The van der Waals surface area contributed by atoms with Gasteiger partial charge in [0.2, 0.25) is 5.91 Å². The molecule has 2 atom stereocenters. The second-order valence-corrected chi connectivity index (χ2v) is 5.34. The Kier molecular flexibility index (Phi) is 4.52. The Balaban J connectivity index is 2.95. The summed E-state index contributed by atoms with van der Waals surface area (Å²) in [6.07, 6.45) is -0.856. The largest absolute Gasteiger partial charge is 0.467 e. The third-order valence-corrected chi connectivity index (χ3v) is 2.69. The maximum atomic E-state index is 12.0. The SMILES string of the molecule is COC(=O)C1CC(CO)C(=O)N1C(=O)OC(C)(C)C. The molecule has 1 fully saturated rings. The minimum Gasteiger partial charge on any atom is -0.467 e. The smallest absolute Gasteiger partial charge is 0.417 e. The number of ether oxygens (including phenoxy) is 2. The van der Waals surface area contributed by atoms with Crippen LogP contribution < -0.4 is 0 Å². The van der Waals surface area contributed by atoms with Gasteiger partial charge in [-0.3, -0.25) is 4.79 Å². The van der Waals surface area contributed by atoms with Crippen molar-refractivity contribution < 1.29 is 29.0 Å². The van der Waals surface area contributed by atoms with Gasteiger partial charge in [-0.1, -0.05) is 0 Å². The quantitative estimate of drug-likeness (QED) is 0.727. The van der Waals surface area contributed by atoms with E-state index in [1.54, 1.807) is 20.8 Å². The average Bonchev–Trinajstić information content (AvgIpc) is 2.63. The van der Waals surface area contributed by atoms with Crippen LogP contribution in [0.3, 0.4) is 0 Å². The molecule has 0 aromatic carbocycles. The van der Waals surface area contributed by atoms with Gasteiger partial charge in [0.25, 0.3) is 0 Å². The first-order valence-electron chi connectivity index (χ1n) is 5.96. The first-order chi connectivity index (χ1) is 8.71. The zero-order chi connectivity index (χ0) is 14.8. The summed E-state index contributed by atoms with van der Waals surface area (Å²) in [5, 5.41) is 9.09. The molecule has 0 radical (unpaired) electrons. The van der Waals surface area contributed by atoms with E-state index in [0.717, 1.165) is 4.90 Å². The predicted molar refractivity (Wildman–Crippen MR) is 64.1 cm³/mol. The molecule has 19 heavy (non-hydrogen) atoms. The highest BCUT2D eigenvalue weighted by atomic mass is 16.6. The van der Waals surface area contributed by atoms with Gasteiger partial charge >= 0.3 is 12.1 Å². The summed E-state index contributed by atoms with van der Waals surface area (Å²) in [5.41, 5.74) is -0.782. The van der Waals surface area contributed by atoms with Crippen LogP contribution in [0.25, 0.3) is 0 Å². The first kappa shape index (κ1) is 15.4. The summed E-state index contributed by atoms with van der Waals surface area (Å²) < 4.78 is 9.65. The van der Waals surface area contributed by atoms with Gasteiger partial charge in [0.05, 0.1) is 19.6 Å². The molecule has 0 aromatic heterocycles. The molecule has 1 rings (SSSR count). The topological polar surface area (TPSA) is 93.1 Å². The lowest BCUT2D eigenvalue weighted by atomic mass is 10.1. The second-order valence-electron chi connectivity index (χ2n) is 5.34. The van der Waals surface area contributed by atoms with Crippen molar-refractivity contribution in [3.8, 4) is 0 Å². The Labute approximate surface area is 111 Å². The summed E-state index contributed by atoms with van der Waals surface area (Å²) in [5.74, 6) is -2.10. The van der Waals surface area contributed by atoms with Crippen molar-refractivity contribution in [1.29, 1.82) is 0 Å². The van der Waals surface area contributed by atoms with Gasteiger partial charge in [-0.25, -0.2) is 14.5 Å². The molecule has 1 N–H and O–H groups in total. The summed E-state index contributed by atoms with van der Waals surface area (Å²) in [6.45, 7) is 4.54. The van der Waals surface area contributed by atoms with E-state index in [1.807, 2.05) is 0 Å². The maximum absolute atomic E-state index is 12.0. The van der Waals surface area contributed by atoms with Gasteiger partial charge < -0.3 is 14.6 Å². The fraction of sp³-hybridized carbons (Fsp3) is 0.750. The van der Waals surface area contributed by atoms with Crippen LogP contribution in [0.2, 0.25) is 0 Å². The minimum absolute atomic E-state index is 0.0429. The van der Waals surface area contributed by atoms with Crippen LogP contribution in [0.5, 0.6) is 0 Å². The molecule has 108 valence electrons. The van der Waals surface area contributed by atoms with E-state index in [4.69, 9.17) is 9.84 Å².